The molecule has 0 fully saturated rings. The van der Waals surface area contributed by atoms with Crippen LogP contribution in [0.4, 0.5) is 0 Å². The van der Waals surface area contributed by atoms with Crippen LogP contribution in [0.15, 0.2) is 49.1 Å². The zero-order valence-corrected chi connectivity index (χ0v) is 10.1. The fraction of sp³-hybridized carbons (Fsp3) is 0. The molecule has 0 aliphatic heterocycles. The quantitative estimate of drug-likeness (QED) is 0.767. The molecule has 5 nitrogen and oxygen atoms in total. The van der Waals surface area contributed by atoms with Crippen LogP contribution in [-0.4, -0.2) is 25.1 Å². The number of hydrogen-bond acceptors (Lipinski definition) is 4. The summed E-state index contributed by atoms with van der Waals surface area (Å²) >= 11 is 0. The maximum Gasteiger partial charge on any atom is 0.181 e. The van der Waals surface area contributed by atoms with Crippen molar-refractivity contribution < 1.29 is 0 Å². The van der Waals surface area contributed by atoms with Crippen LogP contribution in [0.3, 0.4) is 0 Å². The molecule has 0 aliphatic carbocycles. The van der Waals surface area contributed by atoms with E-state index in [4.69, 9.17) is 0 Å². The number of aromatic nitrogens is 5. The normalized spacial score (nSPS) is 9.78. The highest BCUT2D eigenvalue weighted by molar-refractivity contribution is 5.85. The van der Waals surface area contributed by atoms with Crippen LogP contribution in [0.1, 0.15) is 0 Å². The van der Waals surface area contributed by atoms with Crippen molar-refractivity contribution in [3.8, 4) is 22.8 Å². The Labute approximate surface area is 110 Å². The van der Waals surface area contributed by atoms with Gasteiger partial charge in [-0.3, -0.25) is 15.1 Å². The summed E-state index contributed by atoms with van der Waals surface area (Å²) in [4.78, 5) is 12.4. The molecule has 1 N–H and O–H groups in total. The van der Waals surface area contributed by atoms with E-state index in [1.54, 1.807) is 24.8 Å². The third kappa shape index (κ3) is 2.36. The molecule has 0 saturated heterocycles. The van der Waals surface area contributed by atoms with Crippen LogP contribution >= 0.6 is 12.4 Å². The molecule has 0 saturated carbocycles. The molecular formula is C12H10ClN5. The summed E-state index contributed by atoms with van der Waals surface area (Å²) in [5, 5.41) is 7.09. The lowest BCUT2D eigenvalue weighted by molar-refractivity contribution is 1.10. The van der Waals surface area contributed by atoms with E-state index in [1.165, 1.54) is 0 Å². The Morgan fingerprint density at radius 1 is 0.778 bits per heavy atom. The molecule has 0 bridgehead atoms. The standard InChI is InChI=1S/C12H9N5.ClH/c1-5-13-6-2-9(1)11-15-12(17-16-11)10-3-7-14-8-4-10;/h1-8H,(H,15,16,17);1H. The van der Waals surface area contributed by atoms with Crippen LogP contribution in [0.2, 0.25) is 0 Å². The summed E-state index contributed by atoms with van der Waals surface area (Å²) in [6, 6.07) is 7.52. The summed E-state index contributed by atoms with van der Waals surface area (Å²) in [6.45, 7) is 0. The van der Waals surface area contributed by atoms with Gasteiger partial charge in [0.05, 0.1) is 0 Å². The fourth-order valence-electron chi connectivity index (χ4n) is 1.53. The van der Waals surface area contributed by atoms with Crippen LogP contribution in [0, 0.1) is 0 Å². The second-order valence-corrected chi connectivity index (χ2v) is 3.48. The first-order chi connectivity index (χ1) is 8.43. The van der Waals surface area contributed by atoms with E-state index < -0.39 is 0 Å². The topological polar surface area (TPSA) is 67.3 Å². The first kappa shape index (κ1) is 12.2. The molecule has 90 valence electrons. The van der Waals surface area contributed by atoms with E-state index in [0.29, 0.717) is 5.82 Å². The number of hydrogen-bond donors (Lipinski definition) is 1. The molecular weight excluding hydrogens is 250 g/mol. The zero-order valence-electron chi connectivity index (χ0n) is 9.32. The molecule has 0 atom stereocenters. The highest BCUT2D eigenvalue weighted by Crippen LogP contribution is 2.18. The third-order valence-corrected chi connectivity index (χ3v) is 2.38. The third-order valence-electron chi connectivity index (χ3n) is 2.38. The van der Waals surface area contributed by atoms with Gasteiger partial charge in [-0.2, -0.15) is 5.10 Å². The maximum atomic E-state index is 4.43. The minimum Gasteiger partial charge on any atom is -0.265 e. The maximum absolute atomic E-state index is 4.43. The van der Waals surface area contributed by atoms with Gasteiger partial charge in [-0.25, -0.2) is 4.98 Å². The van der Waals surface area contributed by atoms with Crippen molar-refractivity contribution in [3.63, 3.8) is 0 Å². The average Bonchev–Trinajstić information content (AvgIpc) is 2.90. The molecule has 3 rings (SSSR count). The number of halogens is 1. The number of nitrogens with zero attached hydrogens (tertiary/aromatic N) is 4. The molecule has 0 aliphatic rings. The minimum absolute atomic E-state index is 0. The van der Waals surface area contributed by atoms with Crippen molar-refractivity contribution in [2.45, 2.75) is 0 Å². The van der Waals surface area contributed by atoms with E-state index in [2.05, 4.69) is 25.1 Å². The predicted molar refractivity (Wildman–Crippen MR) is 70.1 cm³/mol. The second kappa shape index (κ2) is 5.37. The fourth-order valence-corrected chi connectivity index (χ4v) is 1.53. The van der Waals surface area contributed by atoms with Crippen LogP contribution in [0.5, 0.6) is 0 Å². The Hall–Kier alpha value is -2.27. The molecule has 6 heteroatoms. The van der Waals surface area contributed by atoms with Crippen molar-refractivity contribution >= 4 is 12.4 Å². The van der Waals surface area contributed by atoms with E-state index in [-0.39, 0.29) is 12.4 Å². The first-order valence-electron chi connectivity index (χ1n) is 5.17. The molecule has 3 heterocycles. The summed E-state index contributed by atoms with van der Waals surface area (Å²) in [5.41, 5.74) is 1.91. The van der Waals surface area contributed by atoms with Crippen molar-refractivity contribution in [1.82, 2.24) is 25.1 Å². The Morgan fingerprint density at radius 2 is 1.33 bits per heavy atom. The molecule has 0 aromatic carbocycles. The Bertz CT molecular complexity index is 555. The first-order valence-corrected chi connectivity index (χ1v) is 5.17. The van der Waals surface area contributed by atoms with Crippen molar-refractivity contribution in [3.05, 3.63) is 49.1 Å². The lowest BCUT2D eigenvalue weighted by Gasteiger charge is -1.93. The lowest BCUT2D eigenvalue weighted by atomic mass is 10.2. The van der Waals surface area contributed by atoms with Crippen LogP contribution in [-0.2, 0) is 0 Å². The molecule has 3 aromatic rings. The van der Waals surface area contributed by atoms with Gasteiger partial charge in [0.15, 0.2) is 11.6 Å². The van der Waals surface area contributed by atoms with Gasteiger partial charge >= 0.3 is 0 Å². The number of nitrogens with one attached hydrogen (secondary N) is 1. The highest BCUT2D eigenvalue weighted by Gasteiger charge is 2.06. The molecule has 0 amide bonds. The summed E-state index contributed by atoms with van der Waals surface area (Å²) in [7, 11) is 0. The van der Waals surface area contributed by atoms with E-state index in [0.717, 1.165) is 17.0 Å². The number of rotatable bonds is 2. The van der Waals surface area contributed by atoms with Gasteiger partial charge in [0.1, 0.15) is 0 Å². The van der Waals surface area contributed by atoms with E-state index in [1.807, 2.05) is 24.3 Å². The number of aromatic amines is 1. The number of H-pyrrole nitrogens is 1. The monoisotopic (exact) mass is 259 g/mol. The van der Waals surface area contributed by atoms with Crippen LogP contribution < -0.4 is 0 Å². The SMILES string of the molecule is Cl.c1cc(-c2n[nH]c(-c3ccncc3)n2)ccn1. The molecule has 0 unspecified atom stereocenters. The zero-order chi connectivity index (χ0) is 11.5. The van der Waals surface area contributed by atoms with Gasteiger partial charge in [-0.15, -0.1) is 12.4 Å². The molecule has 0 spiro atoms. The van der Waals surface area contributed by atoms with Gasteiger partial charge < -0.3 is 0 Å². The Kier molecular flexibility index (Phi) is 3.64. The van der Waals surface area contributed by atoms with E-state index in [9.17, 15) is 0 Å². The van der Waals surface area contributed by atoms with Gasteiger partial charge in [-0.1, -0.05) is 0 Å². The van der Waals surface area contributed by atoms with Crippen molar-refractivity contribution in [2.24, 2.45) is 0 Å². The molecule has 18 heavy (non-hydrogen) atoms. The molecule has 0 radical (unpaired) electrons. The second-order valence-electron chi connectivity index (χ2n) is 3.48. The summed E-state index contributed by atoms with van der Waals surface area (Å²) in [5.74, 6) is 1.40. The van der Waals surface area contributed by atoms with Crippen molar-refractivity contribution in [1.29, 1.82) is 0 Å². The minimum atomic E-state index is 0. The van der Waals surface area contributed by atoms with Gasteiger partial charge in [0.2, 0.25) is 0 Å². The smallest absolute Gasteiger partial charge is 0.181 e. The van der Waals surface area contributed by atoms with E-state index >= 15 is 0 Å². The average molecular weight is 260 g/mol. The summed E-state index contributed by atoms with van der Waals surface area (Å²) < 4.78 is 0. The Balaban J connectivity index is 0.00000120. The highest BCUT2D eigenvalue weighted by atomic mass is 35.5. The predicted octanol–water partition coefficient (Wildman–Crippen LogP) is 2.35. The Morgan fingerprint density at radius 3 is 1.94 bits per heavy atom. The van der Waals surface area contributed by atoms with Gasteiger partial charge in [-0.05, 0) is 24.3 Å². The number of pyridine rings is 2. The lowest BCUT2D eigenvalue weighted by Crippen LogP contribution is -1.81. The largest absolute Gasteiger partial charge is 0.265 e. The molecule has 3 aromatic heterocycles. The van der Waals surface area contributed by atoms with Gasteiger partial charge in [0.25, 0.3) is 0 Å². The van der Waals surface area contributed by atoms with Crippen LogP contribution in [0.25, 0.3) is 22.8 Å². The summed E-state index contributed by atoms with van der Waals surface area (Å²) in [6.07, 6.45) is 6.89. The van der Waals surface area contributed by atoms with Crippen molar-refractivity contribution in [2.75, 3.05) is 0 Å². The van der Waals surface area contributed by atoms with Gasteiger partial charge in [0, 0.05) is 35.9 Å².